The second-order valence-corrected chi connectivity index (χ2v) is 6.51. The quantitative estimate of drug-likeness (QED) is 0.450. The molecule has 0 aliphatic carbocycles. The number of amides is 1. The Morgan fingerprint density at radius 2 is 1.70 bits per heavy atom. The summed E-state index contributed by atoms with van der Waals surface area (Å²) in [5.74, 6) is -2.55. The SMILES string of the molecule is NC(=O)Cc1cnc(Nc2ccc(C(=O)O)cc2)cc1NCc1cc(F)cc(F)c1. The van der Waals surface area contributed by atoms with Gasteiger partial charge in [-0.05, 0) is 42.0 Å². The maximum Gasteiger partial charge on any atom is 0.335 e. The van der Waals surface area contributed by atoms with Gasteiger partial charge < -0.3 is 21.5 Å². The predicted octanol–water partition coefficient (Wildman–Crippen LogP) is 3.44. The van der Waals surface area contributed by atoms with Gasteiger partial charge in [-0.3, -0.25) is 4.79 Å². The molecule has 9 heteroatoms. The molecule has 5 N–H and O–H groups in total. The number of pyridine rings is 1. The van der Waals surface area contributed by atoms with Crippen LogP contribution in [0.25, 0.3) is 0 Å². The van der Waals surface area contributed by atoms with Crippen LogP contribution in [-0.2, 0) is 17.8 Å². The smallest absolute Gasteiger partial charge is 0.335 e. The molecule has 1 amide bonds. The Labute approximate surface area is 170 Å². The highest BCUT2D eigenvalue weighted by molar-refractivity contribution is 5.88. The Morgan fingerprint density at radius 1 is 1.03 bits per heavy atom. The van der Waals surface area contributed by atoms with Crippen LogP contribution in [0.4, 0.5) is 26.0 Å². The van der Waals surface area contributed by atoms with E-state index in [9.17, 15) is 18.4 Å². The van der Waals surface area contributed by atoms with Crippen molar-refractivity contribution >= 4 is 29.1 Å². The molecule has 2 aromatic carbocycles. The van der Waals surface area contributed by atoms with E-state index in [1.165, 1.54) is 30.5 Å². The summed E-state index contributed by atoms with van der Waals surface area (Å²) in [5, 5.41) is 15.0. The van der Waals surface area contributed by atoms with Crippen LogP contribution < -0.4 is 16.4 Å². The van der Waals surface area contributed by atoms with Gasteiger partial charge in [0, 0.05) is 41.8 Å². The van der Waals surface area contributed by atoms with Crippen LogP contribution >= 0.6 is 0 Å². The molecule has 0 fully saturated rings. The average Bonchev–Trinajstić information content (AvgIpc) is 2.67. The third-order valence-electron chi connectivity index (χ3n) is 4.16. The molecule has 1 aromatic heterocycles. The van der Waals surface area contributed by atoms with Crippen LogP contribution in [0.2, 0.25) is 0 Å². The fourth-order valence-corrected chi connectivity index (χ4v) is 2.80. The number of carbonyl (C=O) groups is 2. The van der Waals surface area contributed by atoms with Crippen molar-refractivity contribution in [3.8, 4) is 0 Å². The Hall–Kier alpha value is -4.01. The highest BCUT2D eigenvalue weighted by Gasteiger charge is 2.10. The van der Waals surface area contributed by atoms with E-state index >= 15 is 0 Å². The Kier molecular flexibility index (Phi) is 6.21. The molecule has 7 nitrogen and oxygen atoms in total. The summed E-state index contributed by atoms with van der Waals surface area (Å²) in [6.07, 6.45) is 1.40. The fourth-order valence-electron chi connectivity index (χ4n) is 2.80. The van der Waals surface area contributed by atoms with E-state index in [-0.39, 0.29) is 18.5 Å². The number of rotatable bonds is 8. The molecule has 0 saturated heterocycles. The lowest BCUT2D eigenvalue weighted by atomic mass is 10.1. The summed E-state index contributed by atoms with van der Waals surface area (Å²) in [4.78, 5) is 26.5. The largest absolute Gasteiger partial charge is 0.478 e. The number of hydrogen-bond donors (Lipinski definition) is 4. The van der Waals surface area contributed by atoms with E-state index in [4.69, 9.17) is 10.8 Å². The van der Waals surface area contributed by atoms with Gasteiger partial charge in [0.2, 0.25) is 5.91 Å². The third-order valence-corrected chi connectivity index (χ3v) is 4.16. The lowest BCUT2D eigenvalue weighted by Gasteiger charge is -2.14. The van der Waals surface area contributed by atoms with E-state index in [1.807, 2.05) is 0 Å². The average molecular weight is 412 g/mol. The standard InChI is InChI=1S/C21H18F2N4O3/c22-15-5-12(6-16(23)8-15)10-25-18-9-20(26-11-14(18)7-19(24)28)27-17-3-1-13(2-4-17)21(29)30/h1-6,8-9,11H,7,10H2,(H2,24,28)(H,29,30)(H2,25,26,27). The zero-order valence-corrected chi connectivity index (χ0v) is 15.7. The number of aromatic nitrogens is 1. The fraction of sp³-hybridized carbons (Fsp3) is 0.0952. The molecule has 0 unspecified atom stereocenters. The van der Waals surface area contributed by atoms with Gasteiger partial charge in [0.15, 0.2) is 0 Å². The number of aromatic carboxylic acids is 1. The van der Waals surface area contributed by atoms with Gasteiger partial charge >= 0.3 is 5.97 Å². The molecule has 0 spiro atoms. The molecule has 1 heterocycles. The number of halogens is 2. The van der Waals surface area contributed by atoms with Crippen molar-refractivity contribution in [2.75, 3.05) is 10.6 Å². The molecule has 0 radical (unpaired) electrons. The summed E-state index contributed by atoms with van der Waals surface area (Å²) in [7, 11) is 0. The molecule has 0 aliphatic rings. The first kappa shape index (κ1) is 20.7. The highest BCUT2D eigenvalue weighted by atomic mass is 19.1. The summed E-state index contributed by atoms with van der Waals surface area (Å²) in [6.45, 7) is 0.108. The van der Waals surface area contributed by atoms with Crippen LogP contribution in [0.5, 0.6) is 0 Å². The number of carboxylic acid groups (broad SMARTS) is 1. The summed E-state index contributed by atoms with van der Waals surface area (Å²) in [5.41, 5.74) is 7.45. The number of nitrogens with two attached hydrogens (primary N) is 1. The monoisotopic (exact) mass is 412 g/mol. The minimum atomic E-state index is -1.03. The highest BCUT2D eigenvalue weighted by Crippen LogP contribution is 2.23. The third kappa shape index (κ3) is 5.51. The van der Waals surface area contributed by atoms with Gasteiger partial charge in [0.1, 0.15) is 17.5 Å². The minimum absolute atomic E-state index is 0.0690. The van der Waals surface area contributed by atoms with Crippen molar-refractivity contribution in [3.63, 3.8) is 0 Å². The van der Waals surface area contributed by atoms with Crippen LogP contribution in [0.1, 0.15) is 21.5 Å². The molecular weight excluding hydrogens is 394 g/mol. The van der Waals surface area contributed by atoms with Gasteiger partial charge in [-0.2, -0.15) is 0 Å². The second-order valence-electron chi connectivity index (χ2n) is 6.51. The molecule has 0 atom stereocenters. The van der Waals surface area contributed by atoms with Crippen molar-refractivity contribution < 1.29 is 23.5 Å². The van der Waals surface area contributed by atoms with E-state index in [0.29, 0.717) is 28.3 Å². The molecule has 3 rings (SSSR count). The lowest BCUT2D eigenvalue weighted by Crippen LogP contribution is -2.15. The van der Waals surface area contributed by atoms with Gasteiger partial charge in [-0.1, -0.05) is 0 Å². The normalized spacial score (nSPS) is 10.5. The molecular formula is C21H18F2N4O3. The summed E-state index contributed by atoms with van der Waals surface area (Å²) >= 11 is 0. The number of nitrogens with one attached hydrogen (secondary N) is 2. The number of benzene rings is 2. The predicted molar refractivity (Wildman–Crippen MR) is 108 cm³/mol. The van der Waals surface area contributed by atoms with Crippen molar-refractivity contribution in [1.82, 2.24) is 4.98 Å². The Morgan fingerprint density at radius 3 is 2.30 bits per heavy atom. The van der Waals surface area contributed by atoms with Gasteiger partial charge in [-0.25, -0.2) is 18.6 Å². The van der Waals surface area contributed by atoms with Crippen molar-refractivity contribution in [2.24, 2.45) is 5.73 Å². The van der Waals surface area contributed by atoms with E-state index < -0.39 is 23.5 Å². The Balaban J connectivity index is 1.81. The number of carboxylic acids is 1. The van der Waals surface area contributed by atoms with E-state index in [2.05, 4.69) is 15.6 Å². The van der Waals surface area contributed by atoms with Crippen molar-refractivity contribution in [1.29, 1.82) is 0 Å². The topological polar surface area (TPSA) is 117 Å². The van der Waals surface area contributed by atoms with Crippen molar-refractivity contribution in [2.45, 2.75) is 13.0 Å². The first-order chi connectivity index (χ1) is 14.3. The number of carbonyl (C=O) groups excluding carboxylic acids is 1. The maximum absolute atomic E-state index is 13.4. The molecule has 30 heavy (non-hydrogen) atoms. The van der Waals surface area contributed by atoms with Crippen LogP contribution in [-0.4, -0.2) is 22.0 Å². The van der Waals surface area contributed by atoms with Crippen LogP contribution in [0.15, 0.2) is 54.7 Å². The van der Waals surface area contributed by atoms with E-state index in [1.54, 1.807) is 18.2 Å². The molecule has 0 bridgehead atoms. The first-order valence-electron chi connectivity index (χ1n) is 8.86. The van der Waals surface area contributed by atoms with Gasteiger partial charge in [-0.15, -0.1) is 0 Å². The molecule has 0 saturated carbocycles. The first-order valence-corrected chi connectivity index (χ1v) is 8.86. The number of hydrogen-bond acceptors (Lipinski definition) is 5. The zero-order valence-electron chi connectivity index (χ0n) is 15.7. The van der Waals surface area contributed by atoms with E-state index in [0.717, 1.165) is 6.07 Å². The number of nitrogens with zero attached hydrogens (tertiary/aromatic N) is 1. The lowest BCUT2D eigenvalue weighted by molar-refractivity contribution is -0.117. The number of anilines is 3. The van der Waals surface area contributed by atoms with Crippen LogP contribution in [0.3, 0.4) is 0 Å². The molecule has 154 valence electrons. The maximum atomic E-state index is 13.4. The molecule has 0 aliphatic heterocycles. The zero-order chi connectivity index (χ0) is 21.7. The molecule has 3 aromatic rings. The van der Waals surface area contributed by atoms with Gasteiger partial charge in [0.25, 0.3) is 0 Å². The van der Waals surface area contributed by atoms with Crippen LogP contribution in [0, 0.1) is 11.6 Å². The van der Waals surface area contributed by atoms with Gasteiger partial charge in [0.05, 0.1) is 12.0 Å². The summed E-state index contributed by atoms with van der Waals surface area (Å²) < 4.78 is 26.8. The minimum Gasteiger partial charge on any atom is -0.478 e. The number of primary amides is 1. The van der Waals surface area contributed by atoms with Crippen molar-refractivity contribution in [3.05, 3.63) is 83.1 Å². The summed E-state index contributed by atoms with van der Waals surface area (Å²) in [6, 6.07) is 10.9. The Bertz CT molecular complexity index is 1070. The second kappa shape index (κ2) is 8.99.